The van der Waals surface area contributed by atoms with E-state index >= 15 is 0 Å². The minimum absolute atomic E-state index is 0.372. The highest BCUT2D eigenvalue weighted by atomic mass is 16.4. The average Bonchev–Trinajstić information content (AvgIpc) is 2.25. The molecule has 0 aliphatic heterocycles. The molecule has 0 saturated carbocycles. The van der Waals surface area contributed by atoms with Crippen molar-refractivity contribution in [3.05, 3.63) is 0 Å². The Morgan fingerprint density at radius 3 is 2.29 bits per heavy atom. The Hall–Kier alpha value is -0.610. The van der Waals surface area contributed by atoms with Crippen LogP contribution in [-0.4, -0.2) is 47.2 Å². The van der Waals surface area contributed by atoms with Gasteiger partial charge in [-0.2, -0.15) is 0 Å². The zero-order valence-electron chi connectivity index (χ0n) is 11.9. The summed E-state index contributed by atoms with van der Waals surface area (Å²) in [6.07, 6.45) is 1.99. The number of hydrogen-bond acceptors (Lipinski definition) is 3. The summed E-state index contributed by atoms with van der Waals surface area (Å²) < 4.78 is 0. The maximum Gasteiger partial charge on any atom is 0.324 e. The highest BCUT2D eigenvalue weighted by Gasteiger charge is 2.34. The van der Waals surface area contributed by atoms with Crippen LogP contribution in [0.1, 0.15) is 47.5 Å². The lowest BCUT2D eigenvalue weighted by Gasteiger charge is -2.35. The predicted molar refractivity (Wildman–Crippen MR) is 71.3 cm³/mol. The molecule has 1 atom stereocenters. The van der Waals surface area contributed by atoms with Gasteiger partial charge in [0.25, 0.3) is 0 Å². The fourth-order valence-corrected chi connectivity index (χ4v) is 1.81. The number of carboxylic acids is 1. The minimum atomic E-state index is -0.852. The lowest BCUT2D eigenvalue weighted by atomic mass is 10.0. The molecule has 0 saturated heterocycles. The molecule has 17 heavy (non-hydrogen) atoms. The molecule has 0 rings (SSSR count). The van der Waals surface area contributed by atoms with Crippen molar-refractivity contribution >= 4 is 5.97 Å². The molecule has 0 fully saturated rings. The fourth-order valence-electron chi connectivity index (χ4n) is 1.81. The molecule has 0 bridgehead atoms. The van der Waals surface area contributed by atoms with Crippen LogP contribution in [0.25, 0.3) is 0 Å². The van der Waals surface area contributed by atoms with Crippen LogP contribution in [0.5, 0.6) is 0 Å². The zero-order chi connectivity index (χ0) is 13.5. The first-order valence-corrected chi connectivity index (χ1v) is 6.59. The second-order valence-corrected chi connectivity index (χ2v) is 5.13. The van der Waals surface area contributed by atoms with E-state index in [1.165, 1.54) is 0 Å². The summed E-state index contributed by atoms with van der Waals surface area (Å²) in [6.45, 7) is 12.4. The highest BCUT2D eigenvalue weighted by molar-refractivity contribution is 5.78. The van der Waals surface area contributed by atoms with Gasteiger partial charge in [-0.1, -0.05) is 13.8 Å². The number of aliphatic carboxylic acids is 1. The topological polar surface area (TPSA) is 52.6 Å². The molecule has 0 spiro atoms. The van der Waals surface area contributed by atoms with E-state index in [1.54, 1.807) is 6.92 Å². The first-order chi connectivity index (χ1) is 7.87. The van der Waals surface area contributed by atoms with Gasteiger partial charge in [-0.25, -0.2) is 0 Å². The number of nitrogens with zero attached hydrogens (tertiary/aromatic N) is 1. The normalized spacial score (nSPS) is 15.2. The van der Waals surface area contributed by atoms with Crippen LogP contribution >= 0.6 is 0 Å². The fraction of sp³-hybridized carbons (Fsp3) is 0.923. The van der Waals surface area contributed by atoms with Crippen LogP contribution in [0.4, 0.5) is 0 Å². The second-order valence-electron chi connectivity index (χ2n) is 5.13. The van der Waals surface area contributed by atoms with Gasteiger partial charge in [-0.15, -0.1) is 0 Å². The van der Waals surface area contributed by atoms with Crippen molar-refractivity contribution in [3.8, 4) is 0 Å². The number of carbonyl (C=O) groups is 1. The van der Waals surface area contributed by atoms with E-state index in [0.717, 1.165) is 25.9 Å². The molecule has 4 nitrogen and oxygen atoms in total. The van der Waals surface area contributed by atoms with E-state index in [0.29, 0.717) is 12.6 Å². The van der Waals surface area contributed by atoms with Crippen molar-refractivity contribution < 1.29 is 9.90 Å². The SMILES string of the molecule is CCCNC(C)(CN(CCC)C(C)C)C(=O)O. The largest absolute Gasteiger partial charge is 0.480 e. The summed E-state index contributed by atoms with van der Waals surface area (Å²) >= 11 is 0. The van der Waals surface area contributed by atoms with Gasteiger partial charge in [-0.05, 0) is 46.7 Å². The molecule has 0 aromatic carbocycles. The van der Waals surface area contributed by atoms with E-state index in [9.17, 15) is 9.90 Å². The maximum atomic E-state index is 11.4. The van der Waals surface area contributed by atoms with Gasteiger partial charge in [0.15, 0.2) is 0 Å². The van der Waals surface area contributed by atoms with E-state index in [4.69, 9.17) is 0 Å². The summed E-state index contributed by atoms with van der Waals surface area (Å²) in [5, 5.41) is 12.5. The molecule has 2 N–H and O–H groups in total. The number of hydrogen-bond donors (Lipinski definition) is 2. The van der Waals surface area contributed by atoms with Gasteiger partial charge >= 0.3 is 5.97 Å². The lowest BCUT2D eigenvalue weighted by Crippen LogP contribution is -2.58. The second kappa shape index (κ2) is 7.67. The average molecular weight is 244 g/mol. The first kappa shape index (κ1) is 16.4. The molecule has 4 heteroatoms. The monoisotopic (exact) mass is 244 g/mol. The van der Waals surface area contributed by atoms with Crippen molar-refractivity contribution in [1.82, 2.24) is 10.2 Å². The Labute approximate surface area is 105 Å². The predicted octanol–water partition coefficient (Wildman–Crippen LogP) is 1.95. The van der Waals surface area contributed by atoms with E-state index < -0.39 is 11.5 Å². The van der Waals surface area contributed by atoms with Crippen molar-refractivity contribution in [2.45, 2.75) is 59.0 Å². The molecular weight excluding hydrogens is 216 g/mol. The van der Waals surface area contributed by atoms with Gasteiger partial charge in [0.05, 0.1) is 0 Å². The number of carboxylic acid groups (broad SMARTS) is 1. The van der Waals surface area contributed by atoms with Crippen LogP contribution in [0, 0.1) is 0 Å². The van der Waals surface area contributed by atoms with Crippen LogP contribution < -0.4 is 5.32 Å². The standard InChI is InChI=1S/C13H28N2O2/c1-6-8-14-13(5,12(16)17)10-15(9-7-2)11(3)4/h11,14H,6-10H2,1-5H3,(H,16,17). The Balaban J connectivity index is 4.64. The molecule has 0 amide bonds. The highest BCUT2D eigenvalue weighted by Crippen LogP contribution is 2.11. The lowest BCUT2D eigenvalue weighted by molar-refractivity contribution is -0.145. The summed E-state index contributed by atoms with van der Waals surface area (Å²) in [5.41, 5.74) is -0.852. The molecule has 1 unspecified atom stereocenters. The van der Waals surface area contributed by atoms with Gasteiger partial charge in [0, 0.05) is 12.6 Å². The third-order valence-corrected chi connectivity index (χ3v) is 3.00. The number of rotatable bonds is 9. The molecule has 0 radical (unpaired) electrons. The summed E-state index contributed by atoms with van der Waals surface area (Å²) in [7, 11) is 0. The Morgan fingerprint density at radius 1 is 1.35 bits per heavy atom. The van der Waals surface area contributed by atoms with Crippen LogP contribution in [0.2, 0.25) is 0 Å². The summed E-state index contributed by atoms with van der Waals surface area (Å²) in [4.78, 5) is 13.6. The van der Waals surface area contributed by atoms with Crippen LogP contribution in [0.15, 0.2) is 0 Å². The van der Waals surface area contributed by atoms with Crippen molar-refractivity contribution in [1.29, 1.82) is 0 Å². The smallest absolute Gasteiger partial charge is 0.324 e. The van der Waals surface area contributed by atoms with Gasteiger partial charge in [0.1, 0.15) is 5.54 Å². The molecule has 0 heterocycles. The van der Waals surface area contributed by atoms with Crippen LogP contribution in [-0.2, 0) is 4.79 Å². The maximum absolute atomic E-state index is 11.4. The molecule has 0 aliphatic carbocycles. The molecule has 0 aliphatic rings. The van der Waals surface area contributed by atoms with E-state index in [-0.39, 0.29) is 0 Å². The van der Waals surface area contributed by atoms with Crippen molar-refractivity contribution in [3.63, 3.8) is 0 Å². The summed E-state index contributed by atoms with van der Waals surface area (Å²) in [5.74, 6) is -0.771. The van der Waals surface area contributed by atoms with Crippen molar-refractivity contribution in [2.75, 3.05) is 19.6 Å². The zero-order valence-corrected chi connectivity index (χ0v) is 11.9. The third-order valence-electron chi connectivity index (χ3n) is 3.00. The molecule has 102 valence electrons. The van der Waals surface area contributed by atoms with Crippen molar-refractivity contribution in [2.24, 2.45) is 0 Å². The van der Waals surface area contributed by atoms with Crippen LogP contribution in [0.3, 0.4) is 0 Å². The van der Waals surface area contributed by atoms with Gasteiger partial charge in [0.2, 0.25) is 0 Å². The van der Waals surface area contributed by atoms with Gasteiger partial charge in [-0.3, -0.25) is 9.69 Å². The quantitative estimate of drug-likeness (QED) is 0.651. The molecular formula is C13H28N2O2. The first-order valence-electron chi connectivity index (χ1n) is 6.59. The molecule has 0 aromatic rings. The Morgan fingerprint density at radius 2 is 1.94 bits per heavy atom. The van der Waals surface area contributed by atoms with E-state index in [2.05, 4.69) is 31.0 Å². The summed E-state index contributed by atoms with van der Waals surface area (Å²) in [6, 6.07) is 0.372. The molecule has 0 aromatic heterocycles. The Bertz CT molecular complexity index is 231. The number of nitrogens with one attached hydrogen (secondary N) is 1. The third kappa shape index (κ3) is 5.50. The Kier molecular flexibility index (Phi) is 7.39. The minimum Gasteiger partial charge on any atom is -0.480 e. The van der Waals surface area contributed by atoms with E-state index in [1.807, 2.05) is 6.92 Å². The van der Waals surface area contributed by atoms with Gasteiger partial charge < -0.3 is 10.4 Å².